The lowest BCUT2D eigenvalue weighted by molar-refractivity contribution is -0.122. The van der Waals surface area contributed by atoms with Gasteiger partial charge in [-0.15, -0.1) is 15.3 Å². The Labute approximate surface area is 163 Å². The van der Waals surface area contributed by atoms with Crippen LogP contribution in [-0.4, -0.2) is 49.6 Å². The molecule has 3 rings (SSSR count). The molecule has 148 valence electrons. The van der Waals surface area contributed by atoms with Crippen LogP contribution >= 0.6 is 0 Å². The lowest BCUT2D eigenvalue weighted by Gasteiger charge is -2.16. The maximum Gasteiger partial charge on any atom is 0.232 e. The Hall–Kier alpha value is -3.00. The Balaban J connectivity index is 1.59. The zero-order valence-corrected chi connectivity index (χ0v) is 16.1. The van der Waals surface area contributed by atoms with Crippen LogP contribution in [0.4, 0.5) is 0 Å². The van der Waals surface area contributed by atoms with E-state index >= 15 is 0 Å². The summed E-state index contributed by atoms with van der Waals surface area (Å²) in [4.78, 5) is 12.3. The van der Waals surface area contributed by atoms with Gasteiger partial charge >= 0.3 is 0 Å². The van der Waals surface area contributed by atoms with Crippen LogP contribution in [0.1, 0.15) is 31.7 Å². The number of aliphatic hydroxyl groups is 1. The summed E-state index contributed by atoms with van der Waals surface area (Å²) in [5.74, 6) is 0.917. The molecule has 0 unspecified atom stereocenters. The first-order chi connectivity index (χ1) is 13.5. The van der Waals surface area contributed by atoms with Gasteiger partial charge in [0.2, 0.25) is 11.8 Å². The molecule has 0 bridgehead atoms. The van der Waals surface area contributed by atoms with Crippen molar-refractivity contribution in [3.63, 3.8) is 0 Å². The van der Waals surface area contributed by atoms with Crippen LogP contribution in [0.2, 0.25) is 0 Å². The molecule has 1 aromatic carbocycles. The van der Waals surface area contributed by atoms with E-state index in [1.807, 2.05) is 44.2 Å². The fourth-order valence-electron chi connectivity index (χ4n) is 2.86. The topological polar surface area (TPSA) is 102 Å². The van der Waals surface area contributed by atoms with E-state index in [0.717, 1.165) is 5.56 Å². The number of aryl methyl sites for hydroxylation is 1. The number of nitrogens with one attached hydrogen (secondary N) is 1. The Kier molecular flexibility index (Phi) is 6.54. The average molecular weight is 383 g/mol. The molecule has 8 nitrogen and oxygen atoms in total. The third-order valence-electron chi connectivity index (χ3n) is 4.15. The fourth-order valence-corrected chi connectivity index (χ4v) is 2.86. The van der Waals surface area contributed by atoms with Crippen molar-refractivity contribution in [1.82, 2.24) is 25.1 Å². The molecule has 0 spiro atoms. The molecule has 1 atom stereocenters. The molecule has 3 aromatic rings. The molecule has 2 aromatic heterocycles. The number of benzene rings is 1. The van der Waals surface area contributed by atoms with E-state index in [4.69, 9.17) is 4.74 Å². The summed E-state index contributed by atoms with van der Waals surface area (Å²) >= 11 is 0. The number of aliphatic hydroxyl groups excluding tert-OH is 1. The monoisotopic (exact) mass is 383 g/mol. The first-order valence-electron chi connectivity index (χ1n) is 9.37. The largest absolute Gasteiger partial charge is 0.474 e. The van der Waals surface area contributed by atoms with E-state index in [0.29, 0.717) is 30.2 Å². The highest BCUT2D eigenvalue weighted by atomic mass is 16.5. The predicted molar refractivity (Wildman–Crippen MR) is 104 cm³/mol. The molecule has 2 heterocycles. The van der Waals surface area contributed by atoms with Gasteiger partial charge in [0.05, 0.1) is 18.8 Å². The maximum atomic E-state index is 12.3. The number of carbonyl (C=O) groups is 1. The number of fused-ring (bicyclic) bond motifs is 1. The highest BCUT2D eigenvalue weighted by Gasteiger charge is 2.15. The Bertz CT molecular complexity index is 911. The van der Waals surface area contributed by atoms with E-state index in [1.54, 1.807) is 16.6 Å². The summed E-state index contributed by atoms with van der Waals surface area (Å²) in [6, 6.07) is 13.0. The second-order valence-corrected chi connectivity index (χ2v) is 6.86. The van der Waals surface area contributed by atoms with Crippen LogP contribution in [0.25, 0.3) is 5.65 Å². The zero-order valence-electron chi connectivity index (χ0n) is 16.1. The van der Waals surface area contributed by atoms with Gasteiger partial charge in [-0.25, -0.2) is 0 Å². The predicted octanol–water partition coefficient (Wildman–Crippen LogP) is 1.56. The molecule has 8 heteroatoms. The number of amides is 1. The molecular weight excluding hydrogens is 358 g/mol. The van der Waals surface area contributed by atoms with Crippen molar-refractivity contribution in [2.75, 3.05) is 6.61 Å². The van der Waals surface area contributed by atoms with E-state index in [1.165, 1.54) is 0 Å². The maximum absolute atomic E-state index is 12.3. The summed E-state index contributed by atoms with van der Waals surface area (Å²) in [6.45, 7) is 3.73. The first-order valence-corrected chi connectivity index (χ1v) is 9.37. The van der Waals surface area contributed by atoms with Gasteiger partial charge in [-0.05, 0) is 31.9 Å². The average Bonchev–Trinajstić information content (AvgIpc) is 3.08. The summed E-state index contributed by atoms with van der Waals surface area (Å²) in [5, 5.41) is 25.0. The van der Waals surface area contributed by atoms with Gasteiger partial charge in [0.15, 0.2) is 11.5 Å². The molecule has 28 heavy (non-hydrogen) atoms. The first kappa shape index (κ1) is 19.8. The summed E-state index contributed by atoms with van der Waals surface area (Å²) < 4.78 is 7.20. The minimum absolute atomic E-state index is 0.00990. The zero-order chi connectivity index (χ0) is 19.9. The minimum atomic E-state index is -0.325. The summed E-state index contributed by atoms with van der Waals surface area (Å²) in [5.41, 5.74) is 1.66. The van der Waals surface area contributed by atoms with Gasteiger partial charge in [-0.1, -0.05) is 30.3 Å². The molecule has 0 fully saturated rings. The van der Waals surface area contributed by atoms with Gasteiger partial charge in [-0.3, -0.25) is 4.79 Å². The minimum Gasteiger partial charge on any atom is -0.474 e. The van der Waals surface area contributed by atoms with E-state index in [-0.39, 0.29) is 31.1 Å². The number of ether oxygens (including phenoxy) is 1. The standard InChI is InChI=1S/C20H25N5O3/c1-14(2)28-20-11-9-18-23-22-17(25(18)24-20)8-10-19(27)21-16(13-26)12-15-6-4-3-5-7-15/h3-7,9,11,14,16,26H,8,10,12-13H2,1-2H3,(H,21,27)/t16-/m1/s1. The number of carbonyl (C=O) groups excluding carboxylic acids is 1. The lowest BCUT2D eigenvalue weighted by Crippen LogP contribution is -2.39. The normalized spacial score (nSPS) is 12.3. The summed E-state index contributed by atoms with van der Waals surface area (Å²) in [7, 11) is 0. The SMILES string of the molecule is CC(C)Oc1ccc2nnc(CCC(=O)N[C@@H](CO)Cc3ccccc3)n2n1. The van der Waals surface area contributed by atoms with Crippen LogP contribution in [0, 0.1) is 0 Å². The van der Waals surface area contributed by atoms with Gasteiger partial charge in [0, 0.05) is 18.9 Å². The molecule has 0 saturated carbocycles. The van der Waals surface area contributed by atoms with Gasteiger partial charge in [-0.2, -0.15) is 4.52 Å². The van der Waals surface area contributed by atoms with Crippen LogP contribution in [-0.2, 0) is 17.6 Å². The van der Waals surface area contributed by atoms with Crippen molar-refractivity contribution in [2.45, 2.75) is 45.3 Å². The lowest BCUT2D eigenvalue weighted by atomic mass is 10.1. The van der Waals surface area contributed by atoms with Crippen molar-refractivity contribution >= 4 is 11.6 Å². The van der Waals surface area contributed by atoms with E-state index in [9.17, 15) is 9.90 Å². The smallest absolute Gasteiger partial charge is 0.232 e. The third-order valence-corrected chi connectivity index (χ3v) is 4.15. The van der Waals surface area contributed by atoms with Crippen molar-refractivity contribution in [1.29, 1.82) is 0 Å². The highest BCUT2D eigenvalue weighted by Crippen LogP contribution is 2.12. The molecular formula is C20H25N5O3. The van der Waals surface area contributed by atoms with Crippen molar-refractivity contribution in [2.24, 2.45) is 0 Å². The second-order valence-electron chi connectivity index (χ2n) is 6.86. The molecule has 0 saturated heterocycles. The van der Waals surface area contributed by atoms with Crippen LogP contribution in [0.15, 0.2) is 42.5 Å². The fraction of sp³-hybridized carbons (Fsp3) is 0.400. The third kappa shape index (κ3) is 5.26. The molecule has 0 aliphatic carbocycles. The Morgan fingerprint density at radius 2 is 1.96 bits per heavy atom. The number of aromatic nitrogens is 4. The van der Waals surface area contributed by atoms with Gasteiger partial charge < -0.3 is 15.2 Å². The molecule has 0 aliphatic rings. The highest BCUT2D eigenvalue weighted by molar-refractivity contribution is 5.76. The van der Waals surface area contributed by atoms with Crippen molar-refractivity contribution < 1.29 is 14.6 Å². The molecule has 0 aliphatic heterocycles. The molecule has 2 N–H and O–H groups in total. The van der Waals surface area contributed by atoms with Gasteiger partial charge in [0.25, 0.3) is 0 Å². The second kappa shape index (κ2) is 9.27. The summed E-state index contributed by atoms with van der Waals surface area (Å²) in [6.07, 6.45) is 1.20. The van der Waals surface area contributed by atoms with Crippen LogP contribution < -0.4 is 10.1 Å². The van der Waals surface area contributed by atoms with Crippen LogP contribution in [0.3, 0.4) is 0 Å². The number of nitrogens with zero attached hydrogens (tertiary/aromatic N) is 4. The molecule has 1 amide bonds. The quantitative estimate of drug-likeness (QED) is 0.581. The molecule has 0 radical (unpaired) electrons. The number of rotatable bonds is 9. The number of hydrogen-bond acceptors (Lipinski definition) is 6. The Morgan fingerprint density at radius 3 is 2.68 bits per heavy atom. The van der Waals surface area contributed by atoms with Gasteiger partial charge in [0.1, 0.15) is 0 Å². The van der Waals surface area contributed by atoms with E-state index < -0.39 is 0 Å². The number of hydrogen-bond donors (Lipinski definition) is 2. The van der Waals surface area contributed by atoms with Crippen molar-refractivity contribution in [3.05, 3.63) is 53.9 Å². The van der Waals surface area contributed by atoms with E-state index in [2.05, 4.69) is 20.6 Å². The van der Waals surface area contributed by atoms with Crippen molar-refractivity contribution in [3.8, 4) is 5.88 Å². The van der Waals surface area contributed by atoms with Crippen LogP contribution in [0.5, 0.6) is 5.88 Å². The Morgan fingerprint density at radius 1 is 1.18 bits per heavy atom.